The van der Waals surface area contributed by atoms with Gasteiger partial charge in [-0.05, 0) is 23.8 Å². The van der Waals surface area contributed by atoms with Crippen LogP contribution in [0.2, 0.25) is 0 Å². The van der Waals surface area contributed by atoms with E-state index in [9.17, 15) is 4.79 Å². The van der Waals surface area contributed by atoms with Gasteiger partial charge in [-0.15, -0.1) is 0 Å². The van der Waals surface area contributed by atoms with Crippen LogP contribution >= 0.6 is 0 Å². The lowest BCUT2D eigenvalue weighted by Crippen LogP contribution is -2.08. The number of rotatable bonds is 3. The van der Waals surface area contributed by atoms with Crippen LogP contribution in [0.25, 0.3) is 6.08 Å². The molecule has 0 radical (unpaired) electrons. The fraction of sp³-hybridized carbons (Fsp3) is 0.0769. The Kier molecular flexibility index (Phi) is 3.43. The van der Waals surface area contributed by atoms with E-state index in [4.69, 9.17) is 5.73 Å². The first-order chi connectivity index (χ1) is 8.63. The molecular weight excluding hydrogens is 228 g/mol. The van der Waals surface area contributed by atoms with E-state index in [1.807, 2.05) is 12.1 Å². The minimum Gasteiger partial charge on any atom is -0.399 e. The molecule has 0 spiro atoms. The molecule has 5 heteroatoms. The first-order valence-corrected chi connectivity index (χ1v) is 5.48. The van der Waals surface area contributed by atoms with Crippen molar-refractivity contribution in [2.75, 3.05) is 11.1 Å². The number of aryl methyl sites for hydroxylation is 1. The molecule has 1 amide bonds. The van der Waals surface area contributed by atoms with E-state index in [1.54, 1.807) is 42.2 Å². The molecule has 18 heavy (non-hydrogen) atoms. The van der Waals surface area contributed by atoms with Gasteiger partial charge < -0.3 is 11.1 Å². The molecular formula is C13H14N4O. The third kappa shape index (κ3) is 3.21. The van der Waals surface area contributed by atoms with Crippen LogP contribution in [0.3, 0.4) is 0 Å². The number of amides is 1. The fourth-order valence-electron chi connectivity index (χ4n) is 1.48. The predicted octanol–water partition coefficient (Wildman–Crippen LogP) is 1.65. The van der Waals surface area contributed by atoms with Gasteiger partial charge in [0.1, 0.15) is 0 Å². The van der Waals surface area contributed by atoms with Crippen LogP contribution in [0.1, 0.15) is 5.56 Å². The number of carbonyl (C=O) groups is 1. The number of hydrogen-bond donors (Lipinski definition) is 2. The van der Waals surface area contributed by atoms with Gasteiger partial charge in [0.05, 0.1) is 0 Å². The first-order valence-electron chi connectivity index (χ1n) is 5.48. The van der Waals surface area contributed by atoms with E-state index in [1.165, 1.54) is 6.08 Å². The summed E-state index contributed by atoms with van der Waals surface area (Å²) in [5.74, 6) is 0.302. The number of hydrogen-bond acceptors (Lipinski definition) is 3. The summed E-state index contributed by atoms with van der Waals surface area (Å²) in [5.41, 5.74) is 7.19. The third-order valence-electron chi connectivity index (χ3n) is 2.30. The Hall–Kier alpha value is -2.56. The largest absolute Gasteiger partial charge is 0.399 e. The first kappa shape index (κ1) is 11.9. The molecule has 2 aromatic rings. The van der Waals surface area contributed by atoms with Gasteiger partial charge >= 0.3 is 0 Å². The SMILES string of the molecule is Cn1ccc(NC(=O)/C=C/c2cccc(N)c2)n1. The Bertz CT molecular complexity index is 586. The lowest BCUT2D eigenvalue weighted by atomic mass is 10.2. The Labute approximate surface area is 105 Å². The molecule has 1 heterocycles. The molecule has 0 bridgehead atoms. The molecule has 2 rings (SSSR count). The zero-order valence-corrected chi connectivity index (χ0v) is 10.00. The molecule has 0 aliphatic heterocycles. The van der Waals surface area contributed by atoms with E-state index < -0.39 is 0 Å². The average Bonchev–Trinajstić information content (AvgIpc) is 2.72. The van der Waals surface area contributed by atoms with Gasteiger partial charge in [0.15, 0.2) is 5.82 Å². The van der Waals surface area contributed by atoms with Crippen molar-refractivity contribution in [3.63, 3.8) is 0 Å². The van der Waals surface area contributed by atoms with E-state index in [0.717, 1.165) is 5.56 Å². The minimum absolute atomic E-state index is 0.226. The van der Waals surface area contributed by atoms with E-state index in [2.05, 4.69) is 10.4 Å². The molecule has 0 saturated carbocycles. The van der Waals surface area contributed by atoms with Crippen LogP contribution in [0, 0.1) is 0 Å². The minimum atomic E-state index is -0.226. The Morgan fingerprint density at radius 1 is 1.44 bits per heavy atom. The van der Waals surface area contributed by atoms with E-state index in [0.29, 0.717) is 11.5 Å². The second-order valence-electron chi connectivity index (χ2n) is 3.87. The highest BCUT2D eigenvalue weighted by atomic mass is 16.1. The number of nitrogens with one attached hydrogen (secondary N) is 1. The molecule has 0 aliphatic rings. The van der Waals surface area contributed by atoms with Gasteiger partial charge in [0, 0.05) is 31.1 Å². The van der Waals surface area contributed by atoms with Gasteiger partial charge in [0.25, 0.3) is 0 Å². The number of benzene rings is 1. The summed E-state index contributed by atoms with van der Waals surface area (Å²) in [4.78, 5) is 11.6. The summed E-state index contributed by atoms with van der Waals surface area (Å²) in [6.07, 6.45) is 4.91. The number of aromatic nitrogens is 2. The van der Waals surface area contributed by atoms with Crippen molar-refractivity contribution in [1.29, 1.82) is 0 Å². The molecule has 1 aromatic heterocycles. The highest BCUT2D eigenvalue weighted by Crippen LogP contribution is 2.08. The summed E-state index contributed by atoms with van der Waals surface area (Å²) in [7, 11) is 1.79. The van der Waals surface area contributed by atoms with E-state index >= 15 is 0 Å². The van der Waals surface area contributed by atoms with Gasteiger partial charge in [-0.2, -0.15) is 5.10 Å². The second kappa shape index (κ2) is 5.18. The number of nitrogen functional groups attached to an aromatic ring is 1. The lowest BCUT2D eigenvalue weighted by Gasteiger charge is -1.97. The number of nitrogens with two attached hydrogens (primary N) is 1. The van der Waals surface area contributed by atoms with Crippen LogP contribution in [-0.2, 0) is 11.8 Å². The zero-order chi connectivity index (χ0) is 13.0. The quantitative estimate of drug-likeness (QED) is 0.635. The number of carbonyl (C=O) groups excluding carboxylic acids is 1. The number of anilines is 2. The van der Waals surface area contributed by atoms with Crippen molar-refractivity contribution in [2.24, 2.45) is 7.05 Å². The van der Waals surface area contributed by atoms with Crippen LogP contribution in [0.15, 0.2) is 42.6 Å². The van der Waals surface area contributed by atoms with Gasteiger partial charge in [-0.1, -0.05) is 12.1 Å². The van der Waals surface area contributed by atoms with Crippen molar-refractivity contribution in [1.82, 2.24) is 9.78 Å². The van der Waals surface area contributed by atoms with Crippen molar-refractivity contribution >= 4 is 23.5 Å². The topological polar surface area (TPSA) is 72.9 Å². The zero-order valence-electron chi connectivity index (χ0n) is 10.00. The molecule has 0 atom stereocenters. The predicted molar refractivity (Wildman–Crippen MR) is 71.7 cm³/mol. The van der Waals surface area contributed by atoms with Crippen LogP contribution < -0.4 is 11.1 Å². The molecule has 0 saturated heterocycles. The van der Waals surface area contributed by atoms with Crippen molar-refractivity contribution in [3.8, 4) is 0 Å². The summed E-state index contributed by atoms with van der Waals surface area (Å²) in [6, 6.07) is 9.04. The molecule has 3 N–H and O–H groups in total. The summed E-state index contributed by atoms with van der Waals surface area (Å²) in [6.45, 7) is 0. The second-order valence-corrected chi connectivity index (χ2v) is 3.87. The molecule has 0 aliphatic carbocycles. The van der Waals surface area contributed by atoms with E-state index in [-0.39, 0.29) is 5.91 Å². The fourth-order valence-corrected chi connectivity index (χ4v) is 1.48. The average molecular weight is 242 g/mol. The highest BCUT2D eigenvalue weighted by molar-refractivity contribution is 6.01. The van der Waals surface area contributed by atoms with Crippen molar-refractivity contribution in [2.45, 2.75) is 0 Å². The standard InChI is InChI=1S/C13H14N4O/c1-17-8-7-12(16-17)15-13(18)6-5-10-3-2-4-11(14)9-10/h2-9H,14H2,1H3,(H,15,16,18)/b6-5+. The van der Waals surface area contributed by atoms with Crippen LogP contribution in [0.5, 0.6) is 0 Å². The third-order valence-corrected chi connectivity index (χ3v) is 2.30. The highest BCUT2D eigenvalue weighted by Gasteiger charge is 1.99. The maximum Gasteiger partial charge on any atom is 0.249 e. The summed E-state index contributed by atoms with van der Waals surface area (Å²) in [5, 5.41) is 6.71. The molecule has 0 unspecified atom stereocenters. The van der Waals surface area contributed by atoms with Crippen molar-refractivity contribution < 1.29 is 4.79 Å². The van der Waals surface area contributed by atoms with Crippen LogP contribution in [0.4, 0.5) is 11.5 Å². The van der Waals surface area contributed by atoms with Gasteiger partial charge in [0.2, 0.25) is 5.91 Å². The molecule has 5 nitrogen and oxygen atoms in total. The molecule has 1 aromatic carbocycles. The Morgan fingerprint density at radius 2 is 2.28 bits per heavy atom. The molecule has 0 fully saturated rings. The maximum atomic E-state index is 11.6. The normalized spacial score (nSPS) is 10.7. The molecule has 92 valence electrons. The lowest BCUT2D eigenvalue weighted by molar-refractivity contribution is -0.111. The van der Waals surface area contributed by atoms with Gasteiger partial charge in [-0.3, -0.25) is 9.48 Å². The van der Waals surface area contributed by atoms with Gasteiger partial charge in [-0.25, -0.2) is 0 Å². The Morgan fingerprint density at radius 3 is 2.94 bits per heavy atom. The summed E-state index contributed by atoms with van der Waals surface area (Å²) < 4.78 is 1.62. The Balaban J connectivity index is 1.99. The maximum absolute atomic E-state index is 11.6. The number of nitrogens with zero attached hydrogens (tertiary/aromatic N) is 2. The van der Waals surface area contributed by atoms with Crippen LogP contribution in [-0.4, -0.2) is 15.7 Å². The summed E-state index contributed by atoms with van der Waals surface area (Å²) >= 11 is 0. The smallest absolute Gasteiger partial charge is 0.249 e. The monoisotopic (exact) mass is 242 g/mol. The van der Waals surface area contributed by atoms with Crippen molar-refractivity contribution in [3.05, 3.63) is 48.2 Å².